The van der Waals surface area contributed by atoms with E-state index in [1.807, 2.05) is 24.3 Å². The number of rotatable bonds is 5. The number of halogens is 1. The summed E-state index contributed by atoms with van der Waals surface area (Å²) in [7, 11) is 0. The molecule has 3 heterocycles. The van der Waals surface area contributed by atoms with E-state index in [2.05, 4.69) is 31.4 Å². The fraction of sp³-hybridized carbons (Fsp3) is 0.0909. The highest BCUT2D eigenvalue weighted by Gasteiger charge is 2.17. The maximum Gasteiger partial charge on any atom is 0.263 e. The average Bonchev–Trinajstić information content (AvgIpc) is 3.45. The van der Waals surface area contributed by atoms with Crippen molar-refractivity contribution in [3.05, 3.63) is 75.6 Å². The molecule has 0 saturated heterocycles. The van der Waals surface area contributed by atoms with Crippen LogP contribution in [0.15, 0.2) is 74.6 Å². The van der Waals surface area contributed by atoms with Crippen LogP contribution in [0.25, 0.3) is 22.8 Å². The van der Waals surface area contributed by atoms with E-state index in [0.29, 0.717) is 23.0 Å². The largest absolute Gasteiger partial charge is 0.454 e. The summed E-state index contributed by atoms with van der Waals surface area (Å²) < 4.78 is 18.1. The minimum Gasteiger partial charge on any atom is -0.454 e. The molecule has 0 fully saturated rings. The molecule has 1 aliphatic heterocycles. The predicted octanol–water partition coefficient (Wildman–Crippen LogP) is 3.70. The Bertz CT molecular complexity index is 1360. The van der Waals surface area contributed by atoms with Gasteiger partial charge in [-0.3, -0.25) is 9.59 Å². The number of hydrogen-bond acceptors (Lipinski definition) is 7. The smallest absolute Gasteiger partial charge is 0.263 e. The minimum atomic E-state index is -0.417. The summed E-state index contributed by atoms with van der Waals surface area (Å²) >= 11 is 3.38. The minimum absolute atomic E-state index is 0.0819. The van der Waals surface area contributed by atoms with Crippen LogP contribution in [0.2, 0.25) is 0 Å². The van der Waals surface area contributed by atoms with E-state index in [4.69, 9.17) is 14.0 Å². The Morgan fingerprint density at radius 2 is 1.91 bits per heavy atom. The maximum absolute atomic E-state index is 12.9. The SMILES string of the molecule is O=C(Cn1cccc(-c2nc(-c3ccc(Br)cc3)no2)c1=O)Nc1ccc2c(c1)OCO2. The molecule has 0 saturated carbocycles. The first-order chi connectivity index (χ1) is 15.6. The maximum atomic E-state index is 12.9. The molecule has 160 valence electrons. The van der Waals surface area contributed by atoms with Crippen LogP contribution in [0.3, 0.4) is 0 Å². The zero-order valence-corrected chi connectivity index (χ0v) is 18.0. The van der Waals surface area contributed by atoms with Gasteiger partial charge in [-0.25, -0.2) is 0 Å². The molecule has 0 spiro atoms. The van der Waals surface area contributed by atoms with E-state index in [1.54, 1.807) is 30.3 Å². The van der Waals surface area contributed by atoms with Crippen LogP contribution in [0.1, 0.15) is 0 Å². The second-order valence-electron chi connectivity index (χ2n) is 6.90. The topological polar surface area (TPSA) is 108 Å². The molecule has 2 aromatic heterocycles. The van der Waals surface area contributed by atoms with Crippen molar-refractivity contribution in [2.24, 2.45) is 0 Å². The lowest BCUT2D eigenvalue weighted by Crippen LogP contribution is -2.28. The molecular formula is C22H15BrN4O5. The molecule has 0 aliphatic carbocycles. The number of carbonyl (C=O) groups is 1. The van der Waals surface area contributed by atoms with Crippen LogP contribution in [-0.4, -0.2) is 27.4 Å². The highest BCUT2D eigenvalue weighted by molar-refractivity contribution is 9.10. The van der Waals surface area contributed by atoms with E-state index in [-0.39, 0.29) is 30.7 Å². The van der Waals surface area contributed by atoms with Gasteiger partial charge in [0.2, 0.25) is 18.5 Å². The number of pyridine rings is 1. The Balaban J connectivity index is 1.34. The Morgan fingerprint density at radius 1 is 1.09 bits per heavy atom. The van der Waals surface area contributed by atoms with Gasteiger partial charge in [0.15, 0.2) is 11.5 Å². The summed E-state index contributed by atoms with van der Waals surface area (Å²) in [6.07, 6.45) is 1.52. The van der Waals surface area contributed by atoms with Crippen LogP contribution in [-0.2, 0) is 11.3 Å². The number of nitrogens with one attached hydrogen (secondary N) is 1. The fourth-order valence-corrected chi connectivity index (χ4v) is 3.47. The van der Waals surface area contributed by atoms with Gasteiger partial charge in [0.25, 0.3) is 11.4 Å². The van der Waals surface area contributed by atoms with Gasteiger partial charge in [-0.05, 0) is 48.5 Å². The zero-order valence-electron chi connectivity index (χ0n) is 16.4. The molecule has 32 heavy (non-hydrogen) atoms. The first-order valence-corrected chi connectivity index (χ1v) is 10.3. The van der Waals surface area contributed by atoms with Crippen molar-refractivity contribution in [1.82, 2.24) is 14.7 Å². The molecule has 0 bridgehead atoms. The van der Waals surface area contributed by atoms with Crippen molar-refractivity contribution >= 4 is 27.5 Å². The molecule has 10 heteroatoms. The predicted molar refractivity (Wildman–Crippen MR) is 118 cm³/mol. The number of amides is 1. The summed E-state index contributed by atoms with van der Waals surface area (Å²) in [5.74, 6) is 1.25. The Kier molecular flexibility index (Phi) is 5.20. The number of anilines is 1. The average molecular weight is 495 g/mol. The number of hydrogen-bond donors (Lipinski definition) is 1. The third kappa shape index (κ3) is 4.00. The molecule has 1 aliphatic rings. The van der Waals surface area contributed by atoms with Crippen LogP contribution >= 0.6 is 15.9 Å². The molecule has 1 N–H and O–H groups in total. The summed E-state index contributed by atoms with van der Waals surface area (Å²) in [6, 6.07) is 15.7. The number of fused-ring (bicyclic) bond motifs is 1. The normalized spacial score (nSPS) is 12.0. The second-order valence-corrected chi connectivity index (χ2v) is 7.82. The van der Waals surface area contributed by atoms with Crippen LogP contribution in [0.5, 0.6) is 11.5 Å². The van der Waals surface area contributed by atoms with Crippen LogP contribution < -0.4 is 20.3 Å². The van der Waals surface area contributed by atoms with Crippen molar-refractivity contribution < 1.29 is 18.8 Å². The fourth-order valence-electron chi connectivity index (χ4n) is 3.20. The summed E-state index contributed by atoms with van der Waals surface area (Å²) in [6.45, 7) is -0.0387. The third-order valence-electron chi connectivity index (χ3n) is 4.75. The number of benzene rings is 2. The summed E-state index contributed by atoms with van der Waals surface area (Å²) in [5.41, 5.74) is 1.08. The highest BCUT2D eigenvalue weighted by Crippen LogP contribution is 2.34. The first-order valence-electron chi connectivity index (χ1n) is 9.56. The van der Waals surface area contributed by atoms with E-state index < -0.39 is 5.56 Å². The number of nitrogens with zero attached hydrogens (tertiary/aromatic N) is 3. The van der Waals surface area contributed by atoms with Gasteiger partial charge < -0.3 is 23.9 Å². The Morgan fingerprint density at radius 3 is 2.75 bits per heavy atom. The molecule has 5 rings (SSSR count). The molecule has 1 amide bonds. The van der Waals surface area contributed by atoms with E-state index in [1.165, 1.54) is 10.8 Å². The molecule has 4 aromatic rings. The molecule has 9 nitrogen and oxygen atoms in total. The van der Waals surface area contributed by atoms with Crippen molar-refractivity contribution in [2.75, 3.05) is 12.1 Å². The van der Waals surface area contributed by atoms with Crippen molar-refractivity contribution in [2.45, 2.75) is 6.54 Å². The van der Waals surface area contributed by atoms with E-state index in [9.17, 15) is 9.59 Å². The Labute approximate surface area is 189 Å². The third-order valence-corrected chi connectivity index (χ3v) is 5.28. The second kappa shape index (κ2) is 8.31. The number of carbonyl (C=O) groups excluding carboxylic acids is 1. The lowest BCUT2D eigenvalue weighted by molar-refractivity contribution is -0.116. The van der Waals surface area contributed by atoms with E-state index in [0.717, 1.165) is 10.0 Å². The van der Waals surface area contributed by atoms with E-state index >= 15 is 0 Å². The van der Waals surface area contributed by atoms with Gasteiger partial charge in [0, 0.05) is 28.0 Å². The highest BCUT2D eigenvalue weighted by atomic mass is 79.9. The molecule has 0 radical (unpaired) electrons. The van der Waals surface area contributed by atoms with Crippen LogP contribution in [0, 0.1) is 0 Å². The molecular weight excluding hydrogens is 480 g/mol. The van der Waals surface area contributed by atoms with Crippen molar-refractivity contribution in [3.8, 4) is 34.3 Å². The van der Waals surface area contributed by atoms with Gasteiger partial charge in [-0.2, -0.15) is 4.98 Å². The monoisotopic (exact) mass is 494 g/mol. The number of ether oxygens (including phenoxy) is 2. The summed E-state index contributed by atoms with van der Waals surface area (Å²) in [5, 5.41) is 6.70. The Hall–Kier alpha value is -3.92. The zero-order chi connectivity index (χ0) is 22.1. The van der Waals surface area contributed by atoms with Gasteiger partial charge in [-0.15, -0.1) is 0 Å². The van der Waals surface area contributed by atoms with Gasteiger partial charge in [-0.1, -0.05) is 21.1 Å². The lowest BCUT2D eigenvalue weighted by atomic mass is 10.2. The first kappa shape index (κ1) is 20.0. The quantitative estimate of drug-likeness (QED) is 0.450. The van der Waals surface area contributed by atoms with Crippen molar-refractivity contribution in [3.63, 3.8) is 0 Å². The van der Waals surface area contributed by atoms with Gasteiger partial charge >= 0.3 is 0 Å². The summed E-state index contributed by atoms with van der Waals surface area (Å²) in [4.78, 5) is 29.7. The van der Waals surface area contributed by atoms with Gasteiger partial charge in [0.05, 0.1) is 0 Å². The molecule has 0 atom stereocenters. The lowest BCUT2D eigenvalue weighted by Gasteiger charge is -2.08. The van der Waals surface area contributed by atoms with Crippen LogP contribution in [0.4, 0.5) is 5.69 Å². The van der Waals surface area contributed by atoms with Crippen molar-refractivity contribution in [1.29, 1.82) is 0 Å². The number of aromatic nitrogens is 3. The molecule has 0 unspecified atom stereocenters. The standard InChI is InChI=1S/C22H15BrN4O5/c23-14-5-3-13(4-6-14)20-25-21(32-26-20)16-2-1-9-27(22(16)29)11-19(28)24-15-7-8-17-18(10-15)31-12-30-17/h1-10H,11-12H2,(H,24,28). The van der Waals surface area contributed by atoms with Gasteiger partial charge in [0.1, 0.15) is 12.1 Å². The molecule has 2 aromatic carbocycles.